The van der Waals surface area contributed by atoms with Crippen LogP contribution < -0.4 is 5.73 Å². The van der Waals surface area contributed by atoms with Crippen LogP contribution in [-0.4, -0.2) is 50.4 Å². The lowest BCUT2D eigenvalue weighted by Gasteiger charge is -2.20. The minimum absolute atomic E-state index is 0.00938. The van der Waals surface area contributed by atoms with Crippen LogP contribution in [-0.2, 0) is 9.59 Å². The van der Waals surface area contributed by atoms with E-state index in [-0.39, 0.29) is 17.4 Å². The Morgan fingerprint density at radius 1 is 1.00 bits per heavy atom. The Morgan fingerprint density at radius 3 is 2.40 bits per heavy atom. The predicted octanol–water partition coefficient (Wildman–Crippen LogP) is 4.31. The van der Waals surface area contributed by atoms with Crippen molar-refractivity contribution in [2.24, 2.45) is 5.73 Å². The summed E-state index contributed by atoms with van der Waals surface area (Å²) in [6, 6.07) is -1.01. The highest BCUT2D eigenvalue weighted by molar-refractivity contribution is 8.00. The second-order valence-electron chi connectivity index (χ2n) is 7.00. The minimum atomic E-state index is -1.09. The van der Waals surface area contributed by atoms with Crippen molar-refractivity contribution in [1.82, 2.24) is 0 Å². The van der Waals surface area contributed by atoms with E-state index in [2.05, 4.69) is 25.2 Å². The average molecular weight is 440 g/mol. The zero-order valence-electron chi connectivity index (χ0n) is 17.9. The third kappa shape index (κ3) is 17.1. The van der Waals surface area contributed by atoms with Crippen molar-refractivity contribution < 1.29 is 24.9 Å². The first-order chi connectivity index (χ1) is 14.4. The fourth-order valence-corrected chi connectivity index (χ4v) is 3.60. The van der Waals surface area contributed by atoms with Gasteiger partial charge in [-0.25, -0.2) is 0 Å². The van der Waals surface area contributed by atoms with Crippen LogP contribution >= 0.6 is 11.8 Å². The molecular formula is C23H37NO5S. The summed E-state index contributed by atoms with van der Waals surface area (Å²) in [7, 11) is 0. The summed E-state index contributed by atoms with van der Waals surface area (Å²) < 4.78 is 0. The molecule has 0 aliphatic carbocycles. The molecule has 0 spiro atoms. The maximum absolute atomic E-state index is 10.9. The van der Waals surface area contributed by atoms with E-state index in [0.717, 1.165) is 12.8 Å². The fourth-order valence-electron chi connectivity index (χ4n) is 2.47. The first kappa shape index (κ1) is 28.2. The van der Waals surface area contributed by atoms with Crippen LogP contribution in [0.2, 0.25) is 0 Å². The molecule has 0 heterocycles. The maximum Gasteiger partial charge on any atom is 0.321 e. The van der Waals surface area contributed by atoms with Gasteiger partial charge in [-0.15, -0.1) is 11.8 Å². The predicted molar refractivity (Wildman–Crippen MR) is 125 cm³/mol. The fraction of sp³-hybridized carbons (Fsp3) is 0.565. The van der Waals surface area contributed by atoms with Gasteiger partial charge in [0.2, 0.25) is 0 Å². The van der Waals surface area contributed by atoms with Crippen molar-refractivity contribution in [3.05, 3.63) is 48.6 Å². The number of unbranched alkanes of at least 4 members (excludes halogenated alkanes) is 3. The number of carboxylic acid groups (broad SMARTS) is 2. The third-order valence-electron chi connectivity index (χ3n) is 4.24. The van der Waals surface area contributed by atoms with Crippen molar-refractivity contribution in [3.63, 3.8) is 0 Å². The lowest BCUT2D eigenvalue weighted by Crippen LogP contribution is -2.34. The van der Waals surface area contributed by atoms with E-state index in [9.17, 15) is 14.7 Å². The summed E-state index contributed by atoms with van der Waals surface area (Å²) >= 11 is 1.26. The van der Waals surface area contributed by atoms with E-state index in [4.69, 9.17) is 15.9 Å². The summed E-state index contributed by atoms with van der Waals surface area (Å²) in [4.78, 5) is 21.5. The Balaban J connectivity index is 4.51. The van der Waals surface area contributed by atoms with Crippen molar-refractivity contribution in [2.45, 2.75) is 75.7 Å². The molecule has 0 aromatic rings. The van der Waals surface area contributed by atoms with Crippen LogP contribution in [0.5, 0.6) is 0 Å². The molecule has 0 aliphatic rings. The normalized spacial score (nSPS) is 15.4. The number of allylic oxidation sites excluding steroid dienone is 7. The highest BCUT2D eigenvalue weighted by atomic mass is 32.2. The first-order valence-corrected chi connectivity index (χ1v) is 11.6. The Morgan fingerprint density at radius 2 is 1.73 bits per heavy atom. The Kier molecular flexibility index (Phi) is 18.0. The molecule has 0 aromatic carbocycles. The van der Waals surface area contributed by atoms with Crippen molar-refractivity contribution >= 4 is 23.7 Å². The minimum Gasteiger partial charge on any atom is -0.481 e. The van der Waals surface area contributed by atoms with Gasteiger partial charge in [0.05, 0.1) is 6.10 Å². The molecule has 0 fully saturated rings. The summed E-state index contributed by atoms with van der Waals surface area (Å²) in [5.41, 5.74) is 5.54. The van der Waals surface area contributed by atoms with E-state index in [1.54, 1.807) is 12.2 Å². The maximum atomic E-state index is 10.9. The number of rotatable bonds is 18. The molecule has 0 saturated heterocycles. The van der Waals surface area contributed by atoms with Gasteiger partial charge in [-0.1, -0.05) is 68.4 Å². The lowest BCUT2D eigenvalue weighted by atomic mass is 10.1. The second kappa shape index (κ2) is 19.2. The van der Waals surface area contributed by atoms with Gasteiger partial charge in [0.1, 0.15) is 6.04 Å². The standard InChI is InChI=1S/C23H37NO5S/c1-2-3-4-5-6-7-8-9-10-11-12-13-16-21(30-18-19(24)23(28)29)20(25)15-14-17-22(26)27/h6-7,9-13,16,19-21,25H,2-5,8,14-15,17-18,24H2,1H3,(H,26,27)(H,28,29)/b7-6+,10-9+,12-11+,16-13+/t19-,20?,21?/m0/s1. The van der Waals surface area contributed by atoms with Crippen LogP contribution in [0.25, 0.3) is 0 Å². The highest BCUT2D eigenvalue weighted by Gasteiger charge is 2.20. The molecule has 0 saturated carbocycles. The molecule has 0 amide bonds. The number of aliphatic hydroxyl groups excluding tert-OH is 1. The summed E-state index contributed by atoms with van der Waals surface area (Å²) in [5.74, 6) is -1.83. The molecular weight excluding hydrogens is 402 g/mol. The number of aliphatic carboxylic acids is 2. The molecule has 0 aliphatic heterocycles. The smallest absolute Gasteiger partial charge is 0.321 e. The van der Waals surface area contributed by atoms with Gasteiger partial charge < -0.3 is 21.1 Å². The second-order valence-corrected chi connectivity index (χ2v) is 8.21. The molecule has 5 N–H and O–H groups in total. The molecule has 0 aromatic heterocycles. The average Bonchev–Trinajstić information content (AvgIpc) is 2.70. The molecule has 7 heteroatoms. The highest BCUT2D eigenvalue weighted by Crippen LogP contribution is 2.21. The SMILES string of the molecule is CCCCC/C=C/C/C=C/C=C/C=C/C(SC[C@H](N)C(=O)O)C(O)CCCC(=O)O. The Labute approximate surface area is 184 Å². The summed E-state index contributed by atoms with van der Waals surface area (Å²) in [5, 5.41) is 27.6. The zero-order chi connectivity index (χ0) is 22.6. The lowest BCUT2D eigenvalue weighted by molar-refractivity contribution is -0.138. The number of thioether (sulfide) groups is 1. The van der Waals surface area contributed by atoms with Gasteiger partial charge >= 0.3 is 11.9 Å². The molecule has 3 atom stereocenters. The molecule has 0 bridgehead atoms. The van der Waals surface area contributed by atoms with Crippen molar-refractivity contribution in [3.8, 4) is 0 Å². The van der Waals surface area contributed by atoms with Gasteiger partial charge in [-0.3, -0.25) is 9.59 Å². The van der Waals surface area contributed by atoms with E-state index >= 15 is 0 Å². The third-order valence-corrected chi connectivity index (χ3v) is 5.65. The van der Waals surface area contributed by atoms with Gasteiger partial charge in [0.25, 0.3) is 0 Å². The van der Waals surface area contributed by atoms with Crippen molar-refractivity contribution in [1.29, 1.82) is 0 Å². The molecule has 6 nitrogen and oxygen atoms in total. The van der Waals surface area contributed by atoms with Crippen LogP contribution in [0, 0.1) is 0 Å². The number of nitrogens with two attached hydrogens (primary N) is 1. The number of hydrogen-bond donors (Lipinski definition) is 4. The van der Waals surface area contributed by atoms with Gasteiger partial charge in [-0.2, -0.15) is 0 Å². The monoisotopic (exact) mass is 439 g/mol. The largest absolute Gasteiger partial charge is 0.481 e. The molecule has 2 unspecified atom stereocenters. The van der Waals surface area contributed by atoms with Crippen molar-refractivity contribution in [2.75, 3.05) is 5.75 Å². The van der Waals surface area contributed by atoms with Gasteiger partial charge in [0.15, 0.2) is 0 Å². The zero-order valence-corrected chi connectivity index (χ0v) is 18.7. The summed E-state index contributed by atoms with van der Waals surface area (Å²) in [6.45, 7) is 2.19. The van der Waals surface area contributed by atoms with Crippen LogP contribution in [0.4, 0.5) is 0 Å². The van der Waals surface area contributed by atoms with E-state index in [1.807, 2.05) is 18.2 Å². The van der Waals surface area contributed by atoms with Gasteiger partial charge in [-0.05, 0) is 32.1 Å². The number of hydrogen-bond acceptors (Lipinski definition) is 5. The van der Waals surface area contributed by atoms with E-state index in [0.29, 0.717) is 12.8 Å². The van der Waals surface area contributed by atoms with Gasteiger partial charge in [0, 0.05) is 17.4 Å². The van der Waals surface area contributed by atoms with Crippen LogP contribution in [0.3, 0.4) is 0 Å². The quantitative estimate of drug-likeness (QED) is 0.143. The summed E-state index contributed by atoms with van der Waals surface area (Å²) in [6.07, 6.45) is 21.3. The molecule has 0 radical (unpaired) electrons. The number of carbonyl (C=O) groups is 2. The van der Waals surface area contributed by atoms with Crippen LogP contribution in [0.1, 0.15) is 58.3 Å². The van der Waals surface area contributed by atoms with E-state index in [1.165, 1.54) is 31.0 Å². The van der Waals surface area contributed by atoms with Crippen LogP contribution in [0.15, 0.2) is 48.6 Å². The first-order valence-electron chi connectivity index (χ1n) is 10.5. The topological polar surface area (TPSA) is 121 Å². The number of aliphatic hydroxyl groups is 1. The molecule has 170 valence electrons. The Bertz CT molecular complexity index is 586. The number of carboxylic acids is 2. The molecule has 0 rings (SSSR count). The van der Waals surface area contributed by atoms with E-state index < -0.39 is 24.1 Å². The molecule has 30 heavy (non-hydrogen) atoms. The Hall–Kier alpha value is -1.83.